The number of imide groups is 1. The fourth-order valence-electron chi connectivity index (χ4n) is 2.95. The Balaban J connectivity index is 1.50. The molecule has 2 N–H and O–H groups in total. The SMILES string of the molecule is O=C1NC(c2ccc(S(=O)(=O)Nc3nccs3)cc2)C(=O)N1Cc1ccccc1. The van der Waals surface area contributed by atoms with E-state index in [1.54, 1.807) is 5.38 Å². The van der Waals surface area contributed by atoms with Crippen molar-refractivity contribution in [1.82, 2.24) is 15.2 Å². The smallest absolute Gasteiger partial charge is 0.322 e. The molecule has 1 aliphatic heterocycles. The number of sulfonamides is 1. The number of thiazole rings is 1. The second-order valence-electron chi connectivity index (χ2n) is 6.30. The van der Waals surface area contributed by atoms with Crippen molar-refractivity contribution in [3.63, 3.8) is 0 Å². The highest BCUT2D eigenvalue weighted by Gasteiger charge is 2.38. The molecule has 1 unspecified atom stereocenters. The van der Waals surface area contributed by atoms with Gasteiger partial charge in [-0.3, -0.25) is 14.4 Å². The van der Waals surface area contributed by atoms with Crippen molar-refractivity contribution in [2.45, 2.75) is 17.5 Å². The molecule has 3 amide bonds. The molecular formula is C19H16N4O4S2. The van der Waals surface area contributed by atoms with Crippen LogP contribution in [0.25, 0.3) is 0 Å². The molecule has 1 aliphatic rings. The molecule has 29 heavy (non-hydrogen) atoms. The lowest BCUT2D eigenvalue weighted by molar-refractivity contribution is -0.128. The van der Waals surface area contributed by atoms with Crippen LogP contribution in [0.2, 0.25) is 0 Å². The van der Waals surface area contributed by atoms with Gasteiger partial charge in [-0.25, -0.2) is 18.2 Å². The molecule has 1 saturated heterocycles. The molecule has 4 rings (SSSR count). The zero-order valence-corrected chi connectivity index (χ0v) is 16.6. The Morgan fingerprint density at radius 1 is 1.07 bits per heavy atom. The summed E-state index contributed by atoms with van der Waals surface area (Å²) in [5.74, 6) is -0.379. The van der Waals surface area contributed by atoms with E-state index < -0.39 is 22.1 Å². The van der Waals surface area contributed by atoms with Gasteiger partial charge in [-0.15, -0.1) is 11.3 Å². The Bertz CT molecular complexity index is 1130. The first-order valence-corrected chi connectivity index (χ1v) is 11.0. The van der Waals surface area contributed by atoms with E-state index in [1.807, 2.05) is 30.3 Å². The zero-order chi connectivity index (χ0) is 20.4. The molecule has 8 nitrogen and oxygen atoms in total. The van der Waals surface area contributed by atoms with Crippen LogP contribution in [0.4, 0.5) is 9.93 Å². The number of amides is 3. The van der Waals surface area contributed by atoms with Crippen LogP contribution in [0.5, 0.6) is 0 Å². The third kappa shape index (κ3) is 3.98. The summed E-state index contributed by atoms with van der Waals surface area (Å²) >= 11 is 1.17. The minimum atomic E-state index is -3.78. The third-order valence-electron chi connectivity index (χ3n) is 4.39. The van der Waals surface area contributed by atoms with Crippen LogP contribution in [0.3, 0.4) is 0 Å². The van der Waals surface area contributed by atoms with Gasteiger partial charge in [-0.2, -0.15) is 0 Å². The van der Waals surface area contributed by atoms with Crippen LogP contribution >= 0.6 is 11.3 Å². The Morgan fingerprint density at radius 3 is 2.45 bits per heavy atom. The summed E-state index contributed by atoms with van der Waals surface area (Å²) in [7, 11) is -3.78. The van der Waals surface area contributed by atoms with E-state index in [4.69, 9.17) is 0 Å². The number of urea groups is 1. The maximum absolute atomic E-state index is 12.7. The number of benzene rings is 2. The second-order valence-corrected chi connectivity index (χ2v) is 8.88. The Hall–Kier alpha value is -3.24. The summed E-state index contributed by atoms with van der Waals surface area (Å²) in [4.78, 5) is 30.1. The molecule has 2 heterocycles. The summed E-state index contributed by atoms with van der Waals surface area (Å²) < 4.78 is 27.2. The zero-order valence-electron chi connectivity index (χ0n) is 15.0. The van der Waals surface area contributed by atoms with Crippen molar-refractivity contribution in [3.05, 3.63) is 77.3 Å². The van der Waals surface area contributed by atoms with Gasteiger partial charge in [0.15, 0.2) is 5.13 Å². The van der Waals surface area contributed by atoms with E-state index in [9.17, 15) is 18.0 Å². The number of nitrogens with one attached hydrogen (secondary N) is 2. The van der Waals surface area contributed by atoms with Gasteiger partial charge in [-0.05, 0) is 23.3 Å². The molecular weight excluding hydrogens is 412 g/mol. The van der Waals surface area contributed by atoms with Crippen LogP contribution in [0.1, 0.15) is 17.2 Å². The topological polar surface area (TPSA) is 108 Å². The van der Waals surface area contributed by atoms with Gasteiger partial charge < -0.3 is 5.32 Å². The normalized spacial score (nSPS) is 16.7. The number of anilines is 1. The first kappa shape index (κ1) is 19.1. The number of hydrogen-bond acceptors (Lipinski definition) is 6. The van der Waals surface area contributed by atoms with Crippen LogP contribution in [0, 0.1) is 0 Å². The summed E-state index contributed by atoms with van der Waals surface area (Å²) in [6, 6.07) is 13.7. The van der Waals surface area contributed by atoms with Crippen LogP contribution in [-0.4, -0.2) is 30.2 Å². The summed E-state index contributed by atoms with van der Waals surface area (Å²) in [5.41, 5.74) is 1.35. The molecule has 3 aromatic rings. The van der Waals surface area contributed by atoms with Crippen LogP contribution in [0.15, 0.2) is 71.1 Å². The largest absolute Gasteiger partial charge is 0.325 e. The van der Waals surface area contributed by atoms with Crippen molar-refractivity contribution < 1.29 is 18.0 Å². The number of nitrogens with zero attached hydrogens (tertiary/aromatic N) is 2. The standard InChI is InChI=1S/C19H16N4O4S2/c24-17-16(21-19(25)23(17)12-13-4-2-1-3-5-13)14-6-8-15(9-7-14)29(26,27)22-18-20-10-11-28-18/h1-11,16H,12H2,(H,20,22)(H,21,25). The fourth-order valence-corrected chi connectivity index (χ4v) is 4.74. The van der Waals surface area contributed by atoms with E-state index in [0.717, 1.165) is 10.5 Å². The molecule has 0 bridgehead atoms. The molecule has 0 saturated carbocycles. The highest BCUT2D eigenvalue weighted by atomic mass is 32.2. The highest BCUT2D eigenvalue weighted by molar-refractivity contribution is 7.93. The number of carbonyl (C=O) groups is 2. The van der Waals surface area contributed by atoms with E-state index in [2.05, 4.69) is 15.0 Å². The fraction of sp³-hybridized carbons (Fsp3) is 0.105. The van der Waals surface area contributed by atoms with E-state index in [-0.39, 0.29) is 22.5 Å². The molecule has 0 spiro atoms. The summed E-state index contributed by atoms with van der Waals surface area (Å²) in [5, 5.41) is 4.58. The van der Waals surface area contributed by atoms with E-state index in [0.29, 0.717) is 5.56 Å². The van der Waals surface area contributed by atoms with Gasteiger partial charge in [0, 0.05) is 11.6 Å². The van der Waals surface area contributed by atoms with Crippen molar-refractivity contribution in [3.8, 4) is 0 Å². The number of aromatic nitrogens is 1. The van der Waals surface area contributed by atoms with Crippen LogP contribution < -0.4 is 10.0 Å². The van der Waals surface area contributed by atoms with E-state index in [1.165, 1.54) is 41.8 Å². The lowest BCUT2D eigenvalue weighted by Gasteiger charge is -2.13. The lowest BCUT2D eigenvalue weighted by Crippen LogP contribution is -2.30. The minimum Gasteiger partial charge on any atom is -0.322 e. The summed E-state index contributed by atoms with van der Waals surface area (Å²) in [6.07, 6.45) is 1.50. The molecule has 1 fully saturated rings. The minimum absolute atomic E-state index is 0.0364. The predicted molar refractivity (Wildman–Crippen MR) is 108 cm³/mol. The first-order valence-electron chi connectivity index (χ1n) is 8.62. The average Bonchev–Trinajstić information content (AvgIpc) is 3.32. The molecule has 10 heteroatoms. The highest BCUT2D eigenvalue weighted by Crippen LogP contribution is 2.25. The molecule has 148 valence electrons. The van der Waals surface area contributed by atoms with Gasteiger partial charge in [0.25, 0.3) is 15.9 Å². The molecule has 0 radical (unpaired) electrons. The Kier molecular flexibility index (Phi) is 5.03. The van der Waals surface area contributed by atoms with Gasteiger partial charge in [0.2, 0.25) is 0 Å². The van der Waals surface area contributed by atoms with Crippen molar-refractivity contribution in [2.75, 3.05) is 4.72 Å². The van der Waals surface area contributed by atoms with Crippen molar-refractivity contribution >= 4 is 38.4 Å². The second kappa shape index (κ2) is 7.64. The van der Waals surface area contributed by atoms with Crippen LogP contribution in [-0.2, 0) is 21.4 Å². The number of carbonyl (C=O) groups excluding carboxylic acids is 2. The quantitative estimate of drug-likeness (QED) is 0.587. The number of rotatable bonds is 6. The molecule has 1 atom stereocenters. The maximum atomic E-state index is 12.7. The van der Waals surface area contributed by atoms with Gasteiger partial charge in [0.05, 0.1) is 11.4 Å². The number of hydrogen-bond donors (Lipinski definition) is 2. The van der Waals surface area contributed by atoms with E-state index >= 15 is 0 Å². The molecule has 1 aromatic heterocycles. The van der Waals surface area contributed by atoms with Gasteiger partial charge in [-0.1, -0.05) is 42.5 Å². The van der Waals surface area contributed by atoms with Gasteiger partial charge in [0.1, 0.15) is 6.04 Å². The third-order valence-corrected chi connectivity index (χ3v) is 6.56. The van der Waals surface area contributed by atoms with Gasteiger partial charge >= 0.3 is 6.03 Å². The lowest BCUT2D eigenvalue weighted by atomic mass is 10.1. The summed E-state index contributed by atoms with van der Waals surface area (Å²) in [6.45, 7) is 0.173. The average molecular weight is 428 g/mol. The van der Waals surface area contributed by atoms with Crippen molar-refractivity contribution in [1.29, 1.82) is 0 Å². The molecule has 0 aliphatic carbocycles. The predicted octanol–water partition coefficient (Wildman–Crippen LogP) is 2.74. The monoisotopic (exact) mass is 428 g/mol. The van der Waals surface area contributed by atoms with Crippen molar-refractivity contribution in [2.24, 2.45) is 0 Å². The first-order chi connectivity index (χ1) is 13.9. The maximum Gasteiger partial charge on any atom is 0.325 e. The Labute approximate surface area is 171 Å². The molecule has 2 aromatic carbocycles. The Morgan fingerprint density at radius 2 is 1.79 bits per heavy atom.